The number of aryl methyl sites for hydroxylation is 1. The molecule has 0 spiro atoms. The predicted octanol–water partition coefficient (Wildman–Crippen LogP) is 4.19. The highest BCUT2D eigenvalue weighted by Gasteiger charge is 2.52. The highest BCUT2D eigenvalue weighted by molar-refractivity contribution is 9.10. The number of benzene rings is 2. The van der Waals surface area contributed by atoms with Crippen molar-refractivity contribution in [1.82, 2.24) is 10.2 Å². The van der Waals surface area contributed by atoms with E-state index in [2.05, 4.69) is 26.6 Å². The third-order valence-corrected chi connectivity index (χ3v) is 5.51. The standard InChI is InChI=1S/C22H24BrN3O3/c1-14(2)12-22(16-7-5-4-6-8-16)20(28)26(21(29)25-22)13-19(27)24-18-10-9-15(3)11-17(18)23/h4-11,14H,12-13H2,1-3H3,(H,24,27)(H,25,29). The molecule has 0 saturated carbocycles. The molecule has 1 aliphatic heterocycles. The number of anilines is 1. The molecule has 152 valence electrons. The summed E-state index contributed by atoms with van der Waals surface area (Å²) in [4.78, 5) is 39.5. The third-order valence-electron chi connectivity index (χ3n) is 4.86. The molecule has 1 atom stereocenters. The molecule has 7 heteroatoms. The topological polar surface area (TPSA) is 78.5 Å². The molecule has 2 N–H and O–H groups in total. The van der Waals surface area contributed by atoms with Crippen molar-refractivity contribution >= 4 is 39.5 Å². The molecule has 0 bridgehead atoms. The minimum absolute atomic E-state index is 0.164. The average Bonchev–Trinajstić information content (AvgIpc) is 2.89. The Kier molecular flexibility index (Phi) is 6.07. The van der Waals surface area contributed by atoms with E-state index in [1.807, 2.05) is 63.2 Å². The molecular formula is C22H24BrN3O3. The number of carbonyl (C=O) groups is 3. The van der Waals surface area contributed by atoms with Crippen LogP contribution in [0.15, 0.2) is 53.0 Å². The number of rotatable bonds is 6. The molecule has 3 rings (SSSR count). The van der Waals surface area contributed by atoms with Crippen LogP contribution in [0, 0.1) is 12.8 Å². The maximum atomic E-state index is 13.3. The van der Waals surface area contributed by atoms with E-state index >= 15 is 0 Å². The van der Waals surface area contributed by atoms with Crippen LogP contribution in [0.25, 0.3) is 0 Å². The van der Waals surface area contributed by atoms with Crippen LogP contribution in [0.1, 0.15) is 31.4 Å². The van der Waals surface area contributed by atoms with Crippen molar-refractivity contribution in [2.75, 3.05) is 11.9 Å². The molecule has 2 aromatic rings. The van der Waals surface area contributed by atoms with Crippen LogP contribution >= 0.6 is 15.9 Å². The lowest BCUT2D eigenvalue weighted by molar-refractivity contribution is -0.134. The van der Waals surface area contributed by atoms with Crippen molar-refractivity contribution in [3.05, 3.63) is 64.1 Å². The molecule has 0 aliphatic carbocycles. The zero-order valence-electron chi connectivity index (χ0n) is 16.7. The number of halogens is 1. The first kappa shape index (κ1) is 21.0. The van der Waals surface area contributed by atoms with Crippen LogP contribution in [0.4, 0.5) is 10.5 Å². The van der Waals surface area contributed by atoms with Gasteiger partial charge in [0.2, 0.25) is 5.91 Å². The molecule has 0 radical (unpaired) electrons. The largest absolute Gasteiger partial charge is 0.325 e. The van der Waals surface area contributed by atoms with Crippen LogP contribution in [0.5, 0.6) is 0 Å². The van der Waals surface area contributed by atoms with Gasteiger partial charge in [-0.3, -0.25) is 14.5 Å². The van der Waals surface area contributed by atoms with Crippen LogP contribution in [0.2, 0.25) is 0 Å². The van der Waals surface area contributed by atoms with Crippen LogP contribution in [-0.4, -0.2) is 29.3 Å². The highest BCUT2D eigenvalue weighted by Crippen LogP contribution is 2.35. The number of nitrogens with one attached hydrogen (secondary N) is 2. The summed E-state index contributed by atoms with van der Waals surface area (Å²) >= 11 is 3.41. The second-order valence-corrected chi connectivity index (χ2v) is 8.58. The van der Waals surface area contributed by atoms with Gasteiger partial charge in [-0.25, -0.2) is 4.79 Å². The summed E-state index contributed by atoms with van der Waals surface area (Å²) in [6.07, 6.45) is 0.448. The second kappa shape index (κ2) is 8.37. The lowest BCUT2D eigenvalue weighted by Crippen LogP contribution is -2.45. The first-order valence-corrected chi connectivity index (χ1v) is 10.3. The molecule has 0 aromatic heterocycles. The van der Waals surface area contributed by atoms with Gasteiger partial charge >= 0.3 is 6.03 Å². The number of imide groups is 1. The van der Waals surface area contributed by atoms with Crippen molar-refractivity contribution in [1.29, 1.82) is 0 Å². The quantitative estimate of drug-likeness (QED) is 0.638. The van der Waals surface area contributed by atoms with Gasteiger partial charge in [0.15, 0.2) is 0 Å². The van der Waals surface area contributed by atoms with E-state index in [9.17, 15) is 14.4 Å². The van der Waals surface area contributed by atoms with Crippen molar-refractivity contribution in [3.63, 3.8) is 0 Å². The molecule has 1 heterocycles. The fraction of sp³-hybridized carbons (Fsp3) is 0.318. The zero-order chi connectivity index (χ0) is 21.2. The number of hydrogen-bond donors (Lipinski definition) is 2. The lowest BCUT2D eigenvalue weighted by atomic mass is 9.82. The van der Waals surface area contributed by atoms with Crippen LogP contribution in [0.3, 0.4) is 0 Å². The smallest absolute Gasteiger partial charge is 0.323 e. The summed E-state index contributed by atoms with van der Waals surface area (Å²) in [5.74, 6) is -0.677. The van der Waals surface area contributed by atoms with Gasteiger partial charge in [0.1, 0.15) is 12.1 Å². The summed E-state index contributed by atoms with van der Waals surface area (Å²) in [5, 5.41) is 5.60. The summed E-state index contributed by atoms with van der Waals surface area (Å²) in [6.45, 7) is 5.59. The molecule has 4 amide bonds. The van der Waals surface area contributed by atoms with E-state index in [0.717, 1.165) is 20.5 Å². The fourth-order valence-corrected chi connectivity index (χ4v) is 4.20. The SMILES string of the molecule is Cc1ccc(NC(=O)CN2C(=O)NC(CC(C)C)(c3ccccc3)C2=O)c(Br)c1. The number of hydrogen-bond acceptors (Lipinski definition) is 3. The van der Waals surface area contributed by atoms with E-state index in [0.29, 0.717) is 12.1 Å². The molecule has 2 aromatic carbocycles. The van der Waals surface area contributed by atoms with Gasteiger partial charge < -0.3 is 10.6 Å². The monoisotopic (exact) mass is 457 g/mol. The Balaban J connectivity index is 1.82. The van der Waals surface area contributed by atoms with Gasteiger partial charge in [-0.15, -0.1) is 0 Å². The van der Waals surface area contributed by atoms with Gasteiger partial charge in [0, 0.05) is 4.47 Å². The molecular weight excluding hydrogens is 434 g/mol. The Hall–Kier alpha value is -2.67. The zero-order valence-corrected chi connectivity index (χ0v) is 18.2. The lowest BCUT2D eigenvalue weighted by Gasteiger charge is -2.29. The van der Waals surface area contributed by atoms with Gasteiger partial charge in [0.05, 0.1) is 5.69 Å². The Bertz CT molecular complexity index is 946. The minimum Gasteiger partial charge on any atom is -0.323 e. The van der Waals surface area contributed by atoms with Crippen molar-refractivity contribution in [2.45, 2.75) is 32.7 Å². The molecule has 1 aliphatic rings. The average molecular weight is 458 g/mol. The number of amides is 4. The first-order chi connectivity index (χ1) is 13.7. The molecule has 1 unspecified atom stereocenters. The van der Waals surface area contributed by atoms with Crippen LogP contribution in [-0.2, 0) is 15.1 Å². The predicted molar refractivity (Wildman–Crippen MR) is 115 cm³/mol. The van der Waals surface area contributed by atoms with Gasteiger partial charge in [-0.1, -0.05) is 50.2 Å². The third kappa shape index (κ3) is 4.34. The second-order valence-electron chi connectivity index (χ2n) is 7.72. The minimum atomic E-state index is -1.16. The van der Waals surface area contributed by atoms with Gasteiger partial charge in [0.25, 0.3) is 5.91 Å². The Morgan fingerprint density at radius 1 is 1.17 bits per heavy atom. The molecule has 1 saturated heterocycles. The van der Waals surface area contributed by atoms with Crippen LogP contribution < -0.4 is 10.6 Å². The number of carbonyl (C=O) groups excluding carboxylic acids is 3. The van der Waals surface area contributed by atoms with Gasteiger partial charge in [-0.2, -0.15) is 0 Å². The summed E-state index contributed by atoms with van der Waals surface area (Å²) in [7, 11) is 0. The molecule has 29 heavy (non-hydrogen) atoms. The number of urea groups is 1. The summed E-state index contributed by atoms with van der Waals surface area (Å²) in [5.41, 5.74) is 1.20. The van der Waals surface area contributed by atoms with E-state index in [1.165, 1.54) is 0 Å². The maximum absolute atomic E-state index is 13.3. The van der Waals surface area contributed by atoms with Crippen molar-refractivity contribution < 1.29 is 14.4 Å². The van der Waals surface area contributed by atoms with Crippen molar-refractivity contribution in [3.8, 4) is 0 Å². The van der Waals surface area contributed by atoms with E-state index in [4.69, 9.17) is 0 Å². The fourth-order valence-electron chi connectivity index (χ4n) is 3.61. The van der Waals surface area contributed by atoms with E-state index in [1.54, 1.807) is 6.07 Å². The Morgan fingerprint density at radius 3 is 2.48 bits per heavy atom. The number of nitrogens with zero attached hydrogens (tertiary/aromatic N) is 1. The van der Waals surface area contributed by atoms with E-state index < -0.39 is 23.4 Å². The first-order valence-electron chi connectivity index (χ1n) is 9.48. The Labute approximate surface area is 178 Å². The Morgan fingerprint density at radius 2 is 1.86 bits per heavy atom. The molecule has 6 nitrogen and oxygen atoms in total. The summed E-state index contributed by atoms with van der Waals surface area (Å²) < 4.78 is 0.737. The van der Waals surface area contributed by atoms with Gasteiger partial charge in [-0.05, 0) is 58.5 Å². The highest BCUT2D eigenvalue weighted by atomic mass is 79.9. The molecule has 1 fully saturated rings. The van der Waals surface area contributed by atoms with Crippen molar-refractivity contribution in [2.24, 2.45) is 5.92 Å². The normalized spacial score (nSPS) is 18.9. The summed E-state index contributed by atoms with van der Waals surface area (Å²) in [6, 6.07) is 14.2. The van der Waals surface area contributed by atoms with E-state index in [-0.39, 0.29) is 12.5 Å². The maximum Gasteiger partial charge on any atom is 0.325 e.